The molecule has 6 heteroatoms. The van der Waals surface area contributed by atoms with Gasteiger partial charge in [-0.05, 0) is 31.0 Å². The Bertz CT molecular complexity index is 472. The lowest BCUT2D eigenvalue weighted by Gasteiger charge is -2.11. The molecule has 0 aromatic heterocycles. The summed E-state index contributed by atoms with van der Waals surface area (Å²) >= 11 is 0. The topological polar surface area (TPSA) is 95.9 Å². The average Bonchev–Trinajstić information content (AvgIpc) is 2.37. The van der Waals surface area contributed by atoms with E-state index in [4.69, 9.17) is 14.9 Å². The molecule has 1 amide bonds. The van der Waals surface area contributed by atoms with Gasteiger partial charge in [-0.25, -0.2) is 4.79 Å². The third-order valence-electron chi connectivity index (χ3n) is 2.69. The van der Waals surface area contributed by atoms with E-state index >= 15 is 0 Å². The van der Waals surface area contributed by atoms with Crippen LogP contribution in [0.3, 0.4) is 0 Å². The quantitative estimate of drug-likeness (QED) is 0.686. The van der Waals surface area contributed by atoms with E-state index in [-0.39, 0.29) is 13.2 Å². The first-order valence-corrected chi connectivity index (χ1v) is 5.78. The number of carboxylic acid groups (broad SMARTS) is 1. The number of nitrogens with one attached hydrogen (secondary N) is 1. The van der Waals surface area contributed by atoms with Crippen LogP contribution in [0.1, 0.15) is 11.1 Å². The number of aliphatic carboxylic acids is 1. The molecular weight excluding hydrogens is 250 g/mol. The molecular formula is C13H17NO5. The molecule has 1 aromatic carbocycles. The van der Waals surface area contributed by atoms with Gasteiger partial charge in [0.05, 0.1) is 6.54 Å². The highest BCUT2D eigenvalue weighted by Crippen LogP contribution is 2.20. The highest BCUT2D eigenvalue weighted by molar-refractivity contribution is 5.79. The number of hydrogen-bond acceptors (Lipinski definition) is 4. The van der Waals surface area contributed by atoms with E-state index in [0.717, 1.165) is 11.1 Å². The molecule has 104 valence electrons. The Balaban J connectivity index is 2.42. The summed E-state index contributed by atoms with van der Waals surface area (Å²) < 4.78 is 5.33. The molecule has 0 radical (unpaired) electrons. The highest BCUT2D eigenvalue weighted by Gasteiger charge is 2.14. The fourth-order valence-electron chi connectivity index (χ4n) is 1.37. The Kier molecular flexibility index (Phi) is 5.32. The van der Waals surface area contributed by atoms with E-state index in [1.807, 2.05) is 26.0 Å². The van der Waals surface area contributed by atoms with Crippen LogP contribution in [0.15, 0.2) is 18.2 Å². The van der Waals surface area contributed by atoms with Crippen molar-refractivity contribution >= 4 is 11.9 Å². The second-order valence-electron chi connectivity index (χ2n) is 4.14. The molecule has 0 unspecified atom stereocenters. The van der Waals surface area contributed by atoms with Crippen LogP contribution in [-0.2, 0) is 9.59 Å². The first kappa shape index (κ1) is 15.0. The zero-order valence-electron chi connectivity index (χ0n) is 10.8. The molecule has 0 bridgehead atoms. The van der Waals surface area contributed by atoms with Gasteiger partial charge in [-0.3, -0.25) is 4.79 Å². The van der Waals surface area contributed by atoms with Crippen molar-refractivity contribution < 1.29 is 24.5 Å². The summed E-state index contributed by atoms with van der Waals surface area (Å²) in [5.41, 5.74) is 2.00. The van der Waals surface area contributed by atoms with E-state index in [0.29, 0.717) is 5.75 Å². The smallest absolute Gasteiger partial charge is 0.334 e. The summed E-state index contributed by atoms with van der Waals surface area (Å²) in [4.78, 5) is 21.7. The number of benzene rings is 1. The number of carbonyl (C=O) groups excluding carboxylic acids is 1. The summed E-state index contributed by atoms with van der Waals surface area (Å²) in [5.74, 6) is -1.26. The third kappa shape index (κ3) is 4.59. The molecule has 0 spiro atoms. The number of aliphatic hydroxyl groups excluding tert-OH is 1. The van der Waals surface area contributed by atoms with Gasteiger partial charge in [0.1, 0.15) is 5.75 Å². The molecule has 1 aromatic rings. The predicted molar refractivity (Wildman–Crippen MR) is 68.1 cm³/mol. The normalized spacial score (nSPS) is 11.7. The highest BCUT2D eigenvalue weighted by atomic mass is 16.5. The molecule has 3 N–H and O–H groups in total. The Morgan fingerprint density at radius 1 is 1.37 bits per heavy atom. The first-order valence-electron chi connectivity index (χ1n) is 5.78. The minimum Gasteiger partial charge on any atom is -0.483 e. The Labute approximate surface area is 111 Å². The number of aliphatic hydroxyl groups is 1. The largest absolute Gasteiger partial charge is 0.483 e. The summed E-state index contributed by atoms with van der Waals surface area (Å²) in [5, 5.41) is 19.7. The van der Waals surface area contributed by atoms with Crippen LogP contribution in [0.25, 0.3) is 0 Å². The van der Waals surface area contributed by atoms with E-state index in [1.165, 1.54) is 0 Å². The van der Waals surface area contributed by atoms with Crippen LogP contribution in [0.4, 0.5) is 0 Å². The van der Waals surface area contributed by atoms with Gasteiger partial charge in [0, 0.05) is 0 Å². The zero-order chi connectivity index (χ0) is 14.4. The standard InChI is InChI=1S/C13H17NO5/c1-8-4-3-5-11(9(8)2)19-7-12(16)14-6-10(15)13(17)18/h3-5,10,15H,6-7H2,1-2H3,(H,14,16)(H,17,18)/t10-/m0/s1. The van der Waals surface area contributed by atoms with Crippen molar-refractivity contribution in [3.8, 4) is 5.75 Å². The molecule has 0 fully saturated rings. The van der Waals surface area contributed by atoms with Crippen LogP contribution in [0.2, 0.25) is 0 Å². The molecule has 1 rings (SSSR count). The molecule has 6 nitrogen and oxygen atoms in total. The predicted octanol–water partition coefficient (Wildman–Crippen LogP) is 0.244. The van der Waals surface area contributed by atoms with E-state index in [2.05, 4.69) is 5.32 Å². The van der Waals surface area contributed by atoms with Crippen molar-refractivity contribution in [2.45, 2.75) is 20.0 Å². The monoisotopic (exact) mass is 267 g/mol. The van der Waals surface area contributed by atoms with Crippen molar-refractivity contribution in [2.75, 3.05) is 13.2 Å². The Morgan fingerprint density at radius 2 is 2.05 bits per heavy atom. The number of carboxylic acids is 1. The summed E-state index contributed by atoms with van der Waals surface area (Å²) in [6, 6.07) is 5.51. The number of amides is 1. The van der Waals surface area contributed by atoms with E-state index < -0.39 is 18.0 Å². The fraction of sp³-hybridized carbons (Fsp3) is 0.385. The van der Waals surface area contributed by atoms with Crippen LogP contribution < -0.4 is 10.1 Å². The van der Waals surface area contributed by atoms with Gasteiger partial charge in [0.15, 0.2) is 12.7 Å². The van der Waals surface area contributed by atoms with Gasteiger partial charge in [0.25, 0.3) is 5.91 Å². The summed E-state index contributed by atoms with van der Waals surface area (Å²) in [6.07, 6.45) is -1.61. The number of aryl methyl sites for hydroxylation is 1. The lowest BCUT2D eigenvalue weighted by molar-refractivity contribution is -0.146. The number of ether oxygens (including phenoxy) is 1. The second kappa shape index (κ2) is 6.75. The van der Waals surface area contributed by atoms with Crippen LogP contribution in [0, 0.1) is 13.8 Å². The number of hydrogen-bond donors (Lipinski definition) is 3. The van der Waals surface area contributed by atoms with Gasteiger partial charge < -0.3 is 20.3 Å². The Hall–Kier alpha value is -2.08. The maximum absolute atomic E-state index is 11.4. The van der Waals surface area contributed by atoms with Crippen LogP contribution >= 0.6 is 0 Å². The van der Waals surface area contributed by atoms with Gasteiger partial charge in [-0.2, -0.15) is 0 Å². The van der Waals surface area contributed by atoms with Crippen molar-refractivity contribution in [3.05, 3.63) is 29.3 Å². The lowest BCUT2D eigenvalue weighted by atomic mass is 10.1. The molecule has 0 saturated heterocycles. The summed E-state index contributed by atoms with van der Waals surface area (Å²) in [7, 11) is 0. The first-order chi connectivity index (χ1) is 8.91. The fourth-order valence-corrected chi connectivity index (χ4v) is 1.37. The van der Waals surface area contributed by atoms with E-state index in [1.54, 1.807) is 6.07 Å². The molecule has 0 aliphatic rings. The molecule has 1 atom stereocenters. The average molecular weight is 267 g/mol. The van der Waals surface area contributed by atoms with Gasteiger partial charge in [-0.1, -0.05) is 12.1 Å². The van der Waals surface area contributed by atoms with Crippen LogP contribution in [0.5, 0.6) is 5.75 Å². The summed E-state index contributed by atoms with van der Waals surface area (Å²) in [6.45, 7) is 3.25. The molecule has 0 saturated carbocycles. The SMILES string of the molecule is Cc1cccc(OCC(=O)NC[C@H](O)C(=O)O)c1C. The lowest BCUT2D eigenvalue weighted by Crippen LogP contribution is -2.38. The van der Waals surface area contributed by atoms with E-state index in [9.17, 15) is 9.59 Å². The maximum atomic E-state index is 11.4. The third-order valence-corrected chi connectivity index (χ3v) is 2.69. The van der Waals surface area contributed by atoms with Crippen molar-refractivity contribution in [3.63, 3.8) is 0 Å². The van der Waals surface area contributed by atoms with Crippen LogP contribution in [-0.4, -0.2) is 41.3 Å². The Morgan fingerprint density at radius 3 is 2.68 bits per heavy atom. The number of carbonyl (C=O) groups is 2. The minimum atomic E-state index is -1.61. The van der Waals surface area contributed by atoms with Crippen molar-refractivity contribution in [1.29, 1.82) is 0 Å². The second-order valence-corrected chi connectivity index (χ2v) is 4.14. The molecule has 0 aliphatic heterocycles. The number of rotatable bonds is 6. The van der Waals surface area contributed by atoms with Gasteiger partial charge in [0.2, 0.25) is 0 Å². The van der Waals surface area contributed by atoms with Crippen molar-refractivity contribution in [1.82, 2.24) is 5.32 Å². The molecule has 0 aliphatic carbocycles. The van der Waals surface area contributed by atoms with Gasteiger partial charge in [-0.15, -0.1) is 0 Å². The zero-order valence-corrected chi connectivity index (χ0v) is 10.8. The van der Waals surface area contributed by atoms with Gasteiger partial charge >= 0.3 is 5.97 Å². The molecule has 0 heterocycles. The minimum absolute atomic E-state index is 0.226. The molecule has 19 heavy (non-hydrogen) atoms. The van der Waals surface area contributed by atoms with Crippen molar-refractivity contribution in [2.24, 2.45) is 0 Å². The maximum Gasteiger partial charge on any atom is 0.334 e.